The smallest absolute Gasteiger partial charge is 0.205 e. The first-order chi connectivity index (χ1) is 8.73. The van der Waals surface area contributed by atoms with Gasteiger partial charge in [0.2, 0.25) is 5.60 Å². The van der Waals surface area contributed by atoms with Gasteiger partial charge in [-0.05, 0) is 12.1 Å². The summed E-state index contributed by atoms with van der Waals surface area (Å²) in [5.74, 6) is 0. The summed E-state index contributed by atoms with van der Waals surface area (Å²) in [6, 6.07) is 18.9. The van der Waals surface area contributed by atoms with Crippen LogP contribution in [0.25, 0.3) is 0 Å². The lowest BCUT2D eigenvalue weighted by molar-refractivity contribution is 0.0723. The number of nitriles is 1. The molecule has 1 unspecified atom stereocenters. The van der Waals surface area contributed by atoms with Gasteiger partial charge in [-0.3, -0.25) is 0 Å². The summed E-state index contributed by atoms with van der Waals surface area (Å²) in [6.07, 6.45) is 0. The molecule has 0 bridgehead atoms. The Balaban J connectivity index is 2.58. The van der Waals surface area contributed by atoms with Gasteiger partial charge in [0.05, 0.1) is 0 Å². The Hall–Kier alpha value is -2.31. The normalized spacial score (nSPS) is 13.6. The quantitative estimate of drug-likeness (QED) is 0.836. The van der Waals surface area contributed by atoms with Crippen molar-refractivity contribution in [1.82, 2.24) is 0 Å². The van der Waals surface area contributed by atoms with E-state index in [1.807, 2.05) is 42.5 Å². The summed E-state index contributed by atoms with van der Waals surface area (Å²) in [5.41, 5.74) is 6.82. The third-order valence-electron chi connectivity index (χ3n) is 2.96. The molecule has 1 atom stereocenters. The minimum Gasteiger partial charge on any atom is -0.399 e. The maximum Gasteiger partial charge on any atom is 0.205 e. The van der Waals surface area contributed by atoms with Gasteiger partial charge in [0.25, 0.3) is 0 Å². The lowest BCUT2D eigenvalue weighted by Gasteiger charge is -2.26. The van der Waals surface area contributed by atoms with E-state index in [1.165, 1.54) is 7.11 Å². The van der Waals surface area contributed by atoms with Crippen LogP contribution in [0.5, 0.6) is 0 Å². The highest BCUT2D eigenvalue weighted by atomic mass is 16.5. The average Bonchev–Trinajstić information content (AvgIpc) is 2.44. The van der Waals surface area contributed by atoms with E-state index in [9.17, 15) is 5.26 Å². The van der Waals surface area contributed by atoms with Crippen molar-refractivity contribution in [1.29, 1.82) is 5.26 Å². The highest BCUT2D eigenvalue weighted by molar-refractivity contribution is 5.47. The van der Waals surface area contributed by atoms with E-state index in [0.29, 0.717) is 5.69 Å². The largest absolute Gasteiger partial charge is 0.399 e. The lowest BCUT2D eigenvalue weighted by atomic mass is 9.87. The first kappa shape index (κ1) is 12.2. The summed E-state index contributed by atoms with van der Waals surface area (Å²) in [5, 5.41) is 9.55. The molecule has 2 aromatic carbocycles. The number of benzene rings is 2. The molecule has 0 radical (unpaired) electrons. The van der Waals surface area contributed by atoms with Crippen molar-refractivity contribution in [2.45, 2.75) is 5.60 Å². The number of rotatable bonds is 3. The van der Waals surface area contributed by atoms with Crippen molar-refractivity contribution >= 4 is 5.69 Å². The van der Waals surface area contributed by atoms with Crippen LogP contribution in [0.15, 0.2) is 54.6 Å². The summed E-state index contributed by atoms with van der Waals surface area (Å²) in [7, 11) is 1.53. The zero-order valence-corrected chi connectivity index (χ0v) is 10.1. The third kappa shape index (κ3) is 1.94. The second kappa shape index (κ2) is 4.91. The molecule has 0 aromatic heterocycles. The van der Waals surface area contributed by atoms with Crippen molar-refractivity contribution in [3.8, 4) is 6.07 Å². The van der Waals surface area contributed by atoms with E-state index < -0.39 is 5.60 Å². The molecule has 0 saturated carbocycles. The molecule has 3 heteroatoms. The van der Waals surface area contributed by atoms with Gasteiger partial charge in [0, 0.05) is 23.9 Å². The molecule has 0 amide bonds. The molecule has 2 N–H and O–H groups in total. The number of nitrogen functional groups attached to an aromatic ring is 1. The Bertz CT molecular complexity index is 557. The van der Waals surface area contributed by atoms with Gasteiger partial charge in [-0.2, -0.15) is 5.26 Å². The molecular formula is C15H14N2O. The van der Waals surface area contributed by atoms with Crippen LogP contribution in [0.2, 0.25) is 0 Å². The van der Waals surface area contributed by atoms with E-state index in [4.69, 9.17) is 10.5 Å². The maximum absolute atomic E-state index is 9.55. The van der Waals surface area contributed by atoms with Crippen molar-refractivity contribution in [2.75, 3.05) is 12.8 Å². The fourth-order valence-corrected chi connectivity index (χ4v) is 1.97. The molecule has 0 fully saturated rings. The predicted octanol–water partition coefficient (Wildman–Crippen LogP) is 2.68. The number of hydrogen-bond donors (Lipinski definition) is 1. The van der Waals surface area contributed by atoms with E-state index in [2.05, 4.69) is 6.07 Å². The summed E-state index contributed by atoms with van der Waals surface area (Å²) >= 11 is 0. The van der Waals surface area contributed by atoms with Crippen LogP contribution in [0.1, 0.15) is 11.1 Å². The van der Waals surface area contributed by atoms with Crippen LogP contribution >= 0.6 is 0 Å². The Morgan fingerprint density at radius 1 is 1.00 bits per heavy atom. The summed E-state index contributed by atoms with van der Waals surface area (Å²) < 4.78 is 5.50. The summed E-state index contributed by atoms with van der Waals surface area (Å²) in [4.78, 5) is 0. The Labute approximate surface area is 106 Å². The molecule has 0 heterocycles. The predicted molar refractivity (Wildman–Crippen MR) is 70.7 cm³/mol. The monoisotopic (exact) mass is 238 g/mol. The van der Waals surface area contributed by atoms with Crippen LogP contribution < -0.4 is 5.73 Å². The lowest BCUT2D eigenvalue weighted by Crippen LogP contribution is -2.28. The molecule has 0 aliphatic rings. The van der Waals surface area contributed by atoms with Crippen LogP contribution in [0.4, 0.5) is 5.69 Å². The molecule has 0 aliphatic carbocycles. The van der Waals surface area contributed by atoms with E-state index in [1.54, 1.807) is 12.1 Å². The molecule has 0 aliphatic heterocycles. The van der Waals surface area contributed by atoms with Crippen LogP contribution in [-0.2, 0) is 10.3 Å². The van der Waals surface area contributed by atoms with Crippen molar-refractivity contribution in [3.63, 3.8) is 0 Å². The summed E-state index contributed by atoms with van der Waals surface area (Å²) in [6.45, 7) is 0. The molecular weight excluding hydrogens is 224 g/mol. The highest BCUT2D eigenvalue weighted by Gasteiger charge is 2.34. The van der Waals surface area contributed by atoms with E-state index >= 15 is 0 Å². The van der Waals surface area contributed by atoms with Gasteiger partial charge in [-0.15, -0.1) is 0 Å². The number of hydrogen-bond acceptors (Lipinski definition) is 3. The van der Waals surface area contributed by atoms with Crippen LogP contribution in [0, 0.1) is 11.3 Å². The number of nitrogens with zero attached hydrogens (tertiary/aromatic N) is 1. The van der Waals surface area contributed by atoms with E-state index in [-0.39, 0.29) is 0 Å². The third-order valence-corrected chi connectivity index (χ3v) is 2.96. The van der Waals surface area contributed by atoms with Gasteiger partial charge in [-0.1, -0.05) is 42.5 Å². The number of anilines is 1. The molecule has 0 saturated heterocycles. The Morgan fingerprint density at radius 3 is 2.06 bits per heavy atom. The van der Waals surface area contributed by atoms with Gasteiger partial charge in [0.1, 0.15) is 6.07 Å². The second-order valence-electron chi connectivity index (χ2n) is 3.99. The second-order valence-corrected chi connectivity index (χ2v) is 3.99. The molecule has 18 heavy (non-hydrogen) atoms. The number of ether oxygens (including phenoxy) is 1. The number of nitrogens with two attached hydrogens (primary N) is 1. The molecule has 2 aromatic rings. The maximum atomic E-state index is 9.55. The minimum atomic E-state index is -1.09. The van der Waals surface area contributed by atoms with Gasteiger partial charge in [-0.25, -0.2) is 0 Å². The zero-order valence-electron chi connectivity index (χ0n) is 10.1. The Morgan fingerprint density at radius 2 is 1.56 bits per heavy atom. The first-order valence-corrected chi connectivity index (χ1v) is 5.61. The SMILES string of the molecule is COC(C#N)(c1ccccc1)c1ccc(N)cc1. The van der Waals surface area contributed by atoms with Crippen LogP contribution in [0.3, 0.4) is 0 Å². The first-order valence-electron chi connectivity index (χ1n) is 5.61. The minimum absolute atomic E-state index is 0.662. The van der Waals surface area contributed by atoms with Gasteiger partial charge in [0.15, 0.2) is 0 Å². The molecule has 3 nitrogen and oxygen atoms in total. The molecule has 90 valence electrons. The Kier molecular flexibility index (Phi) is 3.31. The van der Waals surface area contributed by atoms with Crippen molar-refractivity contribution in [3.05, 3.63) is 65.7 Å². The van der Waals surface area contributed by atoms with Gasteiger partial charge < -0.3 is 10.5 Å². The standard InChI is InChI=1S/C15H14N2O/c1-18-15(11-16,12-5-3-2-4-6-12)13-7-9-14(17)10-8-13/h2-10H,17H2,1H3. The van der Waals surface area contributed by atoms with Crippen molar-refractivity contribution < 1.29 is 4.74 Å². The van der Waals surface area contributed by atoms with E-state index in [0.717, 1.165) is 11.1 Å². The fraction of sp³-hybridized carbons (Fsp3) is 0.133. The zero-order chi connectivity index (χ0) is 13.0. The molecule has 2 rings (SSSR count). The highest BCUT2D eigenvalue weighted by Crippen LogP contribution is 2.32. The average molecular weight is 238 g/mol. The molecule has 0 spiro atoms. The topological polar surface area (TPSA) is 59.0 Å². The number of methoxy groups -OCH3 is 1. The fourth-order valence-electron chi connectivity index (χ4n) is 1.97. The van der Waals surface area contributed by atoms with Gasteiger partial charge >= 0.3 is 0 Å². The van der Waals surface area contributed by atoms with Crippen molar-refractivity contribution in [2.24, 2.45) is 0 Å². The van der Waals surface area contributed by atoms with Crippen LogP contribution in [-0.4, -0.2) is 7.11 Å².